The van der Waals surface area contributed by atoms with Gasteiger partial charge in [0, 0.05) is 6.42 Å². The van der Waals surface area contributed by atoms with E-state index in [1.165, 1.54) is 18.3 Å². The van der Waals surface area contributed by atoms with Gasteiger partial charge in [0.15, 0.2) is 6.61 Å². The van der Waals surface area contributed by atoms with E-state index in [4.69, 9.17) is 9.15 Å². The number of pyridine rings is 1. The van der Waals surface area contributed by atoms with Crippen molar-refractivity contribution in [3.8, 4) is 5.75 Å². The molecular formula is C10H10FN3O2. The standard InChI is InChI=1S/C10H10FN3O2/c1-2-9-13-14-10(16-9)6-15-7-3-4-8(11)12-5-7/h3-5H,2,6H2,1H3. The van der Waals surface area contributed by atoms with E-state index in [1.54, 1.807) is 0 Å². The number of nitrogens with zero attached hydrogens (tertiary/aromatic N) is 3. The van der Waals surface area contributed by atoms with Gasteiger partial charge in [-0.1, -0.05) is 6.92 Å². The Morgan fingerprint density at radius 1 is 1.31 bits per heavy atom. The Hall–Kier alpha value is -1.98. The van der Waals surface area contributed by atoms with Crippen molar-refractivity contribution in [2.45, 2.75) is 20.0 Å². The van der Waals surface area contributed by atoms with Gasteiger partial charge in [0.05, 0.1) is 6.20 Å². The van der Waals surface area contributed by atoms with Gasteiger partial charge in [-0.25, -0.2) is 4.98 Å². The molecule has 0 fully saturated rings. The molecule has 0 bridgehead atoms. The van der Waals surface area contributed by atoms with Gasteiger partial charge >= 0.3 is 0 Å². The summed E-state index contributed by atoms with van der Waals surface area (Å²) in [4.78, 5) is 3.45. The number of aromatic nitrogens is 3. The van der Waals surface area contributed by atoms with E-state index in [2.05, 4.69) is 15.2 Å². The normalized spacial score (nSPS) is 10.4. The minimum absolute atomic E-state index is 0.153. The summed E-state index contributed by atoms with van der Waals surface area (Å²) in [6.07, 6.45) is 1.98. The van der Waals surface area contributed by atoms with Crippen molar-refractivity contribution in [1.82, 2.24) is 15.2 Å². The molecule has 0 aliphatic rings. The molecular weight excluding hydrogens is 213 g/mol. The third-order valence-corrected chi connectivity index (χ3v) is 1.87. The van der Waals surface area contributed by atoms with Crippen LogP contribution >= 0.6 is 0 Å². The summed E-state index contributed by atoms with van der Waals surface area (Å²) in [6.45, 7) is 2.07. The first-order valence-corrected chi connectivity index (χ1v) is 4.83. The van der Waals surface area contributed by atoms with Crippen LogP contribution < -0.4 is 4.74 Å². The predicted octanol–water partition coefficient (Wildman–Crippen LogP) is 1.75. The van der Waals surface area contributed by atoms with Gasteiger partial charge in [-0.15, -0.1) is 10.2 Å². The van der Waals surface area contributed by atoms with Crippen LogP contribution in [-0.2, 0) is 13.0 Å². The van der Waals surface area contributed by atoms with Gasteiger partial charge < -0.3 is 9.15 Å². The molecule has 0 radical (unpaired) electrons. The molecule has 0 N–H and O–H groups in total. The lowest BCUT2D eigenvalue weighted by Crippen LogP contribution is -1.96. The molecule has 84 valence electrons. The maximum absolute atomic E-state index is 12.5. The van der Waals surface area contributed by atoms with E-state index in [0.29, 0.717) is 24.0 Å². The van der Waals surface area contributed by atoms with Crippen molar-refractivity contribution in [3.05, 3.63) is 36.1 Å². The number of rotatable bonds is 4. The van der Waals surface area contributed by atoms with Crippen LogP contribution in [0.4, 0.5) is 4.39 Å². The lowest BCUT2D eigenvalue weighted by Gasteiger charge is -2.01. The quantitative estimate of drug-likeness (QED) is 0.739. The Kier molecular flexibility index (Phi) is 3.09. The van der Waals surface area contributed by atoms with E-state index in [-0.39, 0.29) is 6.61 Å². The number of hydrogen-bond acceptors (Lipinski definition) is 5. The first-order valence-electron chi connectivity index (χ1n) is 4.83. The Morgan fingerprint density at radius 2 is 2.12 bits per heavy atom. The monoisotopic (exact) mass is 223 g/mol. The summed E-state index contributed by atoms with van der Waals surface area (Å²) < 4.78 is 23.0. The van der Waals surface area contributed by atoms with Crippen molar-refractivity contribution in [2.24, 2.45) is 0 Å². The summed E-state index contributed by atoms with van der Waals surface area (Å²) in [5, 5.41) is 7.57. The lowest BCUT2D eigenvalue weighted by molar-refractivity contribution is 0.258. The minimum Gasteiger partial charge on any atom is -0.482 e. The first-order chi connectivity index (χ1) is 7.78. The zero-order valence-electron chi connectivity index (χ0n) is 8.68. The summed E-state index contributed by atoms with van der Waals surface area (Å²) in [5.41, 5.74) is 0. The van der Waals surface area contributed by atoms with Gasteiger partial charge in [0.1, 0.15) is 5.75 Å². The molecule has 16 heavy (non-hydrogen) atoms. The highest BCUT2D eigenvalue weighted by molar-refractivity contribution is 5.16. The maximum atomic E-state index is 12.5. The topological polar surface area (TPSA) is 61.0 Å². The van der Waals surface area contributed by atoms with Crippen molar-refractivity contribution < 1.29 is 13.5 Å². The second-order valence-corrected chi connectivity index (χ2v) is 3.05. The molecule has 0 aliphatic heterocycles. The Labute approximate surface area is 91.3 Å². The largest absolute Gasteiger partial charge is 0.482 e. The van der Waals surface area contributed by atoms with Gasteiger partial charge in [-0.2, -0.15) is 4.39 Å². The van der Waals surface area contributed by atoms with Crippen LogP contribution in [0.1, 0.15) is 18.7 Å². The molecule has 2 aromatic rings. The number of ether oxygens (including phenoxy) is 1. The van der Waals surface area contributed by atoms with Crippen LogP contribution in [0.3, 0.4) is 0 Å². The van der Waals surface area contributed by atoms with E-state index in [1.807, 2.05) is 6.92 Å². The highest BCUT2D eigenvalue weighted by Crippen LogP contribution is 2.11. The van der Waals surface area contributed by atoms with Crippen molar-refractivity contribution >= 4 is 0 Å². The van der Waals surface area contributed by atoms with Gasteiger partial charge in [-0.05, 0) is 12.1 Å². The fourth-order valence-corrected chi connectivity index (χ4v) is 1.08. The summed E-state index contributed by atoms with van der Waals surface area (Å²) in [7, 11) is 0. The number of hydrogen-bond donors (Lipinski definition) is 0. The van der Waals surface area contributed by atoms with Crippen LogP contribution in [0.2, 0.25) is 0 Å². The van der Waals surface area contributed by atoms with Gasteiger partial charge in [0.25, 0.3) is 5.89 Å². The third kappa shape index (κ3) is 2.53. The van der Waals surface area contributed by atoms with Crippen LogP contribution in [-0.4, -0.2) is 15.2 Å². The molecule has 0 amide bonds. The van der Waals surface area contributed by atoms with Gasteiger partial charge in [-0.3, -0.25) is 0 Å². The van der Waals surface area contributed by atoms with Crippen molar-refractivity contribution in [1.29, 1.82) is 0 Å². The minimum atomic E-state index is -0.543. The smallest absolute Gasteiger partial charge is 0.253 e. The van der Waals surface area contributed by atoms with Crippen LogP contribution in [0.25, 0.3) is 0 Å². The molecule has 2 aromatic heterocycles. The second-order valence-electron chi connectivity index (χ2n) is 3.05. The maximum Gasteiger partial charge on any atom is 0.253 e. The van der Waals surface area contributed by atoms with E-state index in [9.17, 15) is 4.39 Å². The van der Waals surface area contributed by atoms with Gasteiger partial charge in [0.2, 0.25) is 11.8 Å². The summed E-state index contributed by atoms with van der Waals surface area (Å²) >= 11 is 0. The summed E-state index contributed by atoms with van der Waals surface area (Å²) in [6, 6.07) is 2.71. The average Bonchev–Trinajstić information content (AvgIpc) is 2.76. The Balaban J connectivity index is 1.94. The second kappa shape index (κ2) is 4.69. The average molecular weight is 223 g/mol. The molecule has 0 saturated heterocycles. The predicted molar refractivity (Wildman–Crippen MR) is 52.2 cm³/mol. The molecule has 2 heterocycles. The van der Waals surface area contributed by atoms with Crippen LogP contribution in [0.15, 0.2) is 22.7 Å². The molecule has 0 aliphatic carbocycles. The van der Waals surface area contributed by atoms with E-state index in [0.717, 1.165) is 0 Å². The number of halogens is 1. The van der Waals surface area contributed by atoms with Crippen molar-refractivity contribution in [2.75, 3.05) is 0 Å². The number of aryl methyl sites for hydroxylation is 1. The zero-order valence-corrected chi connectivity index (χ0v) is 8.68. The molecule has 0 saturated carbocycles. The molecule has 0 unspecified atom stereocenters. The van der Waals surface area contributed by atoms with Crippen LogP contribution in [0, 0.1) is 5.95 Å². The highest BCUT2D eigenvalue weighted by Gasteiger charge is 2.05. The summed E-state index contributed by atoms with van der Waals surface area (Å²) in [5.74, 6) is 0.869. The molecule has 6 heteroatoms. The fourth-order valence-electron chi connectivity index (χ4n) is 1.08. The highest BCUT2D eigenvalue weighted by atomic mass is 19.1. The van der Waals surface area contributed by atoms with Crippen molar-refractivity contribution in [3.63, 3.8) is 0 Å². The fraction of sp³-hybridized carbons (Fsp3) is 0.300. The lowest BCUT2D eigenvalue weighted by atomic mass is 10.4. The molecule has 5 nitrogen and oxygen atoms in total. The third-order valence-electron chi connectivity index (χ3n) is 1.87. The van der Waals surface area contributed by atoms with E-state index >= 15 is 0 Å². The van der Waals surface area contributed by atoms with Crippen LogP contribution in [0.5, 0.6) is 5.75 Å². The SMILES string of the molecule is CCc1nnc(COc2ccc(F)nc2)o1. The molecule has 0 aromatic carbocycles. The molecule has 0 spiro atoms. The Morgan fingerprint density at radius 3 is 2.75 bits per heavy atom. The zero-order chi connectivity index (χ0) is 11.4. The molecule has 2 rings (SSSR count). The first kappa shape index (κ1) is 10.5. The van der Waals surface area contributed by atoms with E-state index < -0.39 is 5.95 Å². The Bertz CT molecular complexity index is 455. The molecule has 0 atom stereocenters.